The fourth-order valence-electron chi connectivity index (χ4n) is 1.86. The lowest BCUT2D eigenvalue weighted by Gasteiger charge is -2.22. The van der Waals surface area contributed by atoms with Crippen LogP contribution in [0.25, 0.3) is 0 Å². The van der Waals surface area contributed by atoms with Gasteiger partial charge in [0.15, 0.2) is 0 Å². The standard InChI is InChI=1S/C11H17BrN4O/c1-13-10-9(12)11(16-7-15-10)14-6-8-2-4-17-5-3-8/h7-8H,2-6H2,1H3,(H2,13,14,15,16). The first-order chi connectivity index (χ1) is 8.31. The molecule has 94 valence electrons. The van der Waals surface area contributed by atoms with Crippen LogP contribution in [0.4, 0.5) is 11.6 Å². The molecule has 0 atom stereocenters. The van der Waals surface area contributed by atoms with E-state index in [0.29, 0.717) is 5.92 Å². The van der Waals surface area contributed by atoms with Gasteiger partial charge in [-0.1, -0.05) is 0 Å². The first kappa shape index (κ1) is 12.6. The van der Waals surface area contributed by atoms with Crippen LogP contribution in [0.5, 0.6) is 0 Å². The first-order valence-corrected chi connectivity index (χ1v) is 6.60. The number of rotatable bonds is 4. The molecule has 2 rings (SSSR count). The summed E-state index contributed by atoms with van der Waals surface area (Å²) >= 11 is 3.49. The molecule has 1 fully saturated rings. The molecule has 1 aromatic heterocycles. The van der Waals surface area contributed by atoms with Crippen molar-refractivity contribution >= 4 is 27.6 Å². The van der Waals surface area contributed by atoms with E-state index in [0.717, 1.165) is 48.7 Å². The average molecular weight is 301 g/mol. The van der Waals surface area contributed by atoms with E-state index in [1.807, 2.05) is 7.05 Å². The molecule has 2 heterocycles. The Morgan fingerprint density at radius 3 is 2.76 bits per heavy atom. The van der Waals surface area contributed by atoms with Gasteiger partial charge in [-0.05, 0) is 34.7 Å². The Balaban J connectivity index is 1.93. The Morgan fingerprint density at radius 1 is 1.35 bits per heavy atom. The van der Waals surface area contributed by atoms with Crippen LogP contribution in [0.3, 0.4) is 0 Å². The van der Waals surface area contributed by atoms with Crippen LogP contribution >= 0.6 is 15.9 Å². The first-order valence-electron chi connectivity index (χ1n) is 5.81. The van der Waals surface area contributed by atoms with Crippen molar-refractivity contribution in [2.75, 3.05) is 37.4 Å². The molecule has 0 bridgehead atoms. The molecule has 5 nitrogen and oxygen atoms in total. The van der Waals surface area contributed by atoms with Gasteiger partial charge in [-0.3, -0.25) is 0 Å². The zero-order valence-electron chi connectivity index (χ0n) is 9.87. The van der Waals surface area contributed by atoms with Crippen LogP contribution in [-0.4, -0.2) is 36.8 Å². The minimum atomic E-state index is 0.670. The van der Waals surface area contributed by atoms with Crippen molar-refractivity contribution in [3.63, 3.8) is 0 Å². The molecule has 6 heteroatoms. The molecule has 0 saturated carbocycles. The van der Waals surface area contributed by atoms with Gasteiger partial charge >= 0.3 is 0 Å². The summed E-state index contributed by atoms with van der Waals surface area (Å²) in [7, 11) is 1.84. The van der Waals surface area contributed by atoms with Crippen molar-refractivity contribution in [3.8, 4) is 0 Å². The summed E-state index contributed by atoms with van der Waals surface area (Å²) in [5, 5.41) is 6.38. The Labute approximate surface area is 110 Å². The fourth-order valence-corrected chi connectivity index (χ4v) is 2.40. The maximum Gasteiger partial charge on any atom is 0.145 e. The van der Waals surface area contributed by atoms with E-state index < -0.39 is 0 Å². The number of nitrogens with zero attached hydrogens (tertiary/aromatic N) is 2. The zero-order chi connectivity index (χ0) is 12.1. The quantitative estimate of drug-likeness (QED) is 0.892. The number of hydrogen-bond donors (Lipinski definition) is 2. The number of nitrogens with one attached hydrogen (secondary N) is 2. The van der Waals surface area contributed by atoms with E-state index >= 15 is 0 Å². The van der Waals surface area contributed by atoms with Crippen LogP contribution < -0.4 is 10.6 Å². The van der Waals surface area contributed by atoms with Gasteiger partial charge in [0.1, 0.15) is 22.4 Å². The molecule has 1 aliphatic heterocycles. The third-order valence-corrected chi connectivity index (χ3v) is 3.68. The summed E-state index contributed by atoms with van der Waals surface area (Å²) in [6.07, 6.45) is 3.80. The number of ether oxygens (including phenoxy) is 1. The Kier molecular flexibility index (Phi) is 4.56. The largest absolute Gasteiger partial charge is 0.381 e. The van der Waals surface area contributed by atoms with Crippen molar-refractivity contribution in [3.05, 3.63) is 10.8 Å². The average Bonchev–Trinajstić information content (AvgIpc) is 2.39. The SMILES string of the molecule is CNc1ncnc(NCC2CCOCC2)c1Br. The summed E-state index contributed by atoms with van der Waals surface area (Å²) in [6, 6.07) is 0. The summed E-state index contributed by atoms with van der Waals surface area (Å²) in [4.78, 5) is 8.35. The lowest BCUT2D eigenvalue weighted by Crippen LogP contribution is -2.23. The fraction of sp³-hybridized carbons (Fsp3) is 0.636. The maximum atomic E-state index is 5.34. The zero-order valence-corrected chi connectivity index (χ0v) is 11.5. The minimum Gasteiger partial charge on any atom is -0.381 e. The Bertz CT molecular complexity index is 368. The van der Waals surface area contributed by atoms with Crippen molar-refractivity contribution in [2.24, 2.45) is 5.92 Å². The summed E-state index contributed by atoms with van der Waals surface area (Å²) in [6.45, 7) is 2.68. The topological polar surface area (TPSA) is 59.1 Å². The van der Waals surface area contributed by atoms with E-state index in [2.05, 4.69) is 36.5 Å². The van der Waals surface area contributed by atoms with Crippen LogP contribution in [-0.2, 0) is 4.74 Å². The highest BCUT2D eigenvalue weighted by Crippen LogP contribution is 2.26. The molecule has 1 saturated heterocycles. The molecule has 1 aliphatic rings. The van der Waals surface area contributed by atoms with Crippen molar-refractivity contribution in [1.29, 1.82) is 0 Å². The third kappa shape index (κ3) is 3.29. The van der Waals surface area contributed by atoms with Gasteiger partial charge in [-0.25, -0.2) is 9.97 Å². The highest BCUT2D eigenvalue weighted by molar-refractivity contribution is 9.10. The third-order valence-electron chi connectivity index (χ3n) is 2.93. The van der Waals surface area contributed by atoms with Crippen molar-refractivity contribution in [1.82, 2.24) is 9.97 Å². The van der Waals surface area contributed by atoms with Crippen LogP contribution in [0.2, 0.25) is 0 Å². The van der Waals surface area contributed by atoms with Gasteiger partial charge in [-0.15, -0.1) is 0 Å². The molecular weight excluding hydrogens is 284 g/mol. The number of hydrogen-bond acceptors (Lipinski definition) is 5. The van der Waals surface area contributed by atoms with Gasteiger partial charge in [0.2, 0.25) is 0 Å². The molecule has 0 aromatic carbocycles. The molecule has 0 unspecified atom stereocenters. The smallest absolute Gasteiger partial charge is 0.145 e. The normalized spacial score (nSPS) is 16.8. The lowest BCUT2D eigenvalue weighted by molar-refractivity contribution is 0.0699. The number of aromatic nitrogens is 2. The monoisotopic (exact) mass is 300 g/mol. The summed E-state index contributed by atoms with van der Waals surface area (Å²) in [5.74, 6) is 2.31. The number of anilines is 2. The minimum absolute atomic E-state index is 0.670. The lowest BCUT2D eigenvalue weighted by atomic mass is 10.0. The Morgan fingerprint density at radius 2 is 2.06 bits per heavy atom. The predicted octanol–water partition coefficient (Wildman–Crippen LogP) is 2.12. The maximum absolute atomic E-state index is 5.34. The predicted molar refractivity (Wildman–Crippen MR) is 71.3 cm³/mol. The van der Waals surface area contributed by atoms with E-state index in [1.54, 1.807) is 6.33 Å². The molecule has 0 aliphatic carbocycles. The molecule has 0 radical (unpaired) electrons. The summed E-state index contributed by atoms with van der Waals surface area (Å²) < 4.78 is 6.22. The van der Waals surface area contributed by atoms with E-state index in [4.69, 9.17) is 4.74 Å². The number of halogens is 1. The second-order valence-electron chi connectivity index (χ2n) is 4.07. The highest BCUT2D eigenvalue weighted by atomic mass is 79.9. The molecule has 1 aromatic rings. The van der Waals surface area contributed by atoms with E-state index in [1.165, 1.54) is 0 Å². The van der Waals surface area contributed by atoms with E-state index in [9.17, 15) is 0 Å². The molecule has 0 amide bonds. The second kappa shape index (κ2) is 6.16. The van der Waals surface area contributed by atoms with Gasteiger partial charge in [0.25, 0.3) is 0 Å². The Hall–Kier alpha value is -0.880. The molecule has 0 spiro atoms. The van der Waals surface area contributed by atoms with Gasteiger partial charge in [0.05, 0.1) is 0 Å². The summed E-state index contributed by atoms with van der Waals surface area (Å²) in [5.41, 5.74) is 0. The molecule has 2 N–H and O–H groups in total. The highest BCUT2D eigenvalue weighted by Gasteiger charge is 2.14. The molecule has 17 heavy (non-hydrogen) atoms. The van der Waals surface area contributed by atoms with Crippen LogP contribution in [0.1, 0.15) is 12.8 Å². The van der Waals surface area contributed by atoms with Gasteiger partial charge < -0.3 is 15.4 Å². The van der Waals surface area contributed by atoms with E-state index in [-0.39, 0.29) is 0 Å². The second-order valence-corrected chi connectivity index (χ2v) is 4.86. The van der Waals surface area contributed by atoms with Crippen LogP contribution in [0.15, 0.2) is 10.8 Å². The molecular formula is C11H17BrN4O. The van der Waals surface area contributed by atoms with Crippen molar-refractivity contribution in [2.45, 2.75) is 12.8 Å². The van der Waals surface area contributed by atoms with Crippen molar-refractivity contribution < 1.29 is 4.74 Å². The van der Waals surface area contributed by atoms with Gasteiger partial charge in [0, 0.05) is 26.8 Å². The van der Waals surface area contributed by atoms with Crippen LogP contribution in [0, 0.1) is 5.92 Å². The van der Waals surface area contributed by atoms with Gasteiger partial charge in [-0.2, -0.15) is 0 Å².